The Hall–Kier alpha value is -2.70. The topological polar surface area (TPSA) is 84.2 Å². The molecule has 1 heterocycles. The number of hydrogen-bond acceptors (Lipinski definition) is 3. The number of benzene rings is 1. The zero-order valence-electron chi connectivity index (χ0n) is 14.1. The third-order valence-electron chi connectivity index (χ3n) is 4.71. The third kappa shape index (κ3) is 3.26. The van der Waals surface area contributed by atoms with Gasteiger partial charge in [0.05, 0.1) is 11.6 Å². The van der Waals surface area contributed by atoms with Crippen LogP contribution in [0.1, 0.15) is 42.0 Å². The van der Waals surface area contributed by atoms with E-state index >= 15 is 0 Å². The molecule has 0 saturated carbocycles. The summed E-state index contributed by atoms with van der Waals surface area (Å²) in [5.41, 5.74) is 2.86. The molecular formula is C18H20FN3O3. The molecule has 1 aliphatic carbocycles. The van der Waals surface area contributed by atoms with Crippen molar-refractivity contribution in [2.75, 3.05) is 0 Å². The molecule has 25 heavy (non-hydrogen) atoms. The van der Waals surface area contributed by atoms with E-state index in [4.69, 9.17) is 5.11 Å². The van der Waals surface area contributed by atoms with Crippen molar-refractivity contribution in [1.29, 1.82) is 0 Å². The molecule has 1 amide bonds. The molecule has 1 aromatic carbocycles. The molecule has 0 radical (unpaired) electrons. The van der Waals surface area contributed by atoms with Gasteiger partial charge in [-0.3, -0.25) is 9.59 Å². The van der Waals surface area contributed by atoms with E-state index in [1.165, 1.54) is 12.1 Å². The number of carboxylic acids is 1. The van der Waals surface area contributed by atoms with Gasteiger partial charge in [-0.05, 0) is 57.4 Å². The molecule has 2 unspecified atom stereocenters. The number of nitrogens with one attached hydrogen (secondary N) is 1. The normalized spacial score (nSPS) is 15.5. The van der Waals surface area contributed by atoms with E-state index in [1.54, 1.807) is 30.7 Å². The summed E-state index contributed by atoms with van der Waals surface area (Å²) in [5.74, 6) is -2.37. The number of carbonyl (C=O) groups is 2. The Morgan fingerprint density at radius 2 is 1.92 bits per heavy atom. The second-order valence-corrected chi connectivity index (χ2v) is 6.40. The second kappa shape index (κ2) is 6.66. The van der Waals surface area contributed by atoms with Crippen LogP contribution in [0.5, 0.6) is 0 Å². The molecule has 6 nitrogen and oxygen atoms in total. The standard InChI is InChI=1S/C18H20FN3O3/c1-10(18(24)25)11(2)20-17(23)16-14-4-3-5-15(14)22(21-16)13-8-6-12(19)7-9-13/h6-11H,3-5H2,1-2H3,(H,20,23)(H,24,25). The number of aromatic nitrogens is 2. The first-order chi connectivity index (χ1) is 11.9. The number of rotatable bonds is 5. The van der Waals surface area contributed by atoms with Gasteiger partial charge in [-0.15, -0.1) is 0 Å². The van der Waals surface area contributed by atoms with E-state index in [2.05, 4.69) is 10.4 Å². The van der Waals surface area contributed by atoms with E-state index in [-0.39, 0.29) is 11.7 Å². The van der Waals surface area contributed by atoms with Gasteiger partial charge in [-0.2, -0.15) is 5.10 Å². The lowest BCUT2D eigenvalue weighted by Gasteiger charge is -2.17. The molecular weight excluding hydrogens is 325 g/mol. The maximum Gasteiger partial charge on any atom is 0.308 e. The van der Waals surface area contributed by atoms with Crippen molar-refractivity contribution in [3.63, 3.8) is 0 Å². The number of hydrogen-bond donors (Lipinski definition) is 2. The molecule has 132 valence electrons. The average molecular weight is 345 g/mol. The number of fused-ring (bicyclic) bond motifs is 1. The van der Waals surface area contributed by atoms with Crippen LogP contribution in [-0.4, -0.2) is 32.8 Å². The van der Waals surface area contributed by atoms with Crippen LogP contribution in [0.2, 0.25) is 0 Å². The highest BCUT2D eigenvalue weighted by molar-refractivity contribution is 5.94. The third-order valence-corrected chi connectivity index (χ3v) is 4.71. The number of amides is 1. The first-order valence-corrected chi connectivity index (χ1v) is 8.29. The van der Waals surface area contributed by atoms with Crippen molar-refractivity contribution in [2.24, 2.45) is 5.92 Å². The van der Waals surface area contributed by atoms with Gasteiger partial charge in [-0.1, -0.05) is 0 Å². The summed E-state index contributed by atoms with van der Waals surface area (Å²) in [5, 5.41) is 16.2. The lowest BCUT2D eigenvalue weighted by atomic mass is 10.0. The summed E-state index contributed by atoms with van der Waals surface area (Å²) in [7, 11) is 0. The summed E-state index contributed by atoms with van der Waals surface area (Å²) in [6, 6.07) is 5.44. The van der Waals surface area contributed by atoms with E-state index in [9.17, 15) is 14.0 Å². The minimum atomic E-state index is -0.963. The van der Waals surface area contributed by atoms with E-state index in [0.29, 0.717) is 11.4 Å². The molecule has 0 fully saturated rings. The van der Waals surface area contributed by atoms with Crippen molar-refractivity contribution in [3.05, 3.63) is 47.0 Å². The molecule has 0 aliphatic heterocycles. The highest BCUT2D eigenvalue weighted by Gasteiger charge is 2.29. The lowest BCUT2D eigenvalue weighted by molar-refractivity contribution is -0.141. The Morgan fingerprint density at radius 1 is 1.24 bits per heavy atom. The predicted octanol–water partition coefficient (Wildman–Crippen LogP) is 2.34. The Labute approximate surface area is 144 Å². The first-order valence-electron chi connectivity index (χ1n) is 8.29. The molecule has 0 bridgehead atoms. The van der Waals surface area contributed by atoms with Gasteiger partial charge in [0.15, 0.2) is 5.69 Å². The Bertz CT molecular complexity index is 814. The van der Waals surface area contributed by atoms with Crippen molar-refractivity contribution in [1.82, 2.24) is 15.1 Å². The van der Waals surface area contributed by atoms with E-state index in [1.807, 2.05) is 0 Å². The summed E-state index contributed by atoms with van der Waals surface area (Å²) in [6.45, 7) is 3.21. The van der Waals surface area contributed by atoms with Gasteiger partial charge in [-0.25, -0.2) is 9.07 Å². The summed E-state index contributed by atoms with van der Waals surface area (Å²) >= 11 is 0. The first kappa shape index (κ1) is 17.1. The van der Waals surface area contributed by atoms with Crippen LogP contribution in [0, 0.1) is 11.7 Å². The number of carboxylic acid groups (broad SMARTS) is 1. The maximum absolute atomic E-state index is 13.2. The Morgan fingerprint density at radius 3 is 2.56 bits per heavy atom. The number of halogens is 1. The largest absolute Gasteiger partial charge is 0.481 e. The molecule has 7 heteroatoms. The summed E-state index contributed by atoms with van der Waals surface area (Å²) in [6.07, 6.45) is 2.48. The van der Waals surface area contributed by atoms with Crippen LogP contribution in [0.4, 0.5) is 4.39 Å². The van der Waals surface area contributed by atoms with Gasteiger partial charge < -0.3 is 10.4 Å². The van der Waals surface area contributed by atoms with Gasteiger partial charge in [0.1, 0.15) is 5.82 Å². The molecule has 0 spiro atoms. The van der Waals surface area contributed by atoms with Gasteiger partial charge >= 0.3 is 5.97 Å². The molecule has 1 aromatic heterocycles. The van der Waals surface area contributed by atoms with Gasteiger partial charge in [0.2, 0.25) is 0 Å². The minimum absolute atomic E-state index is 0.321. The van der Waals surface area contributed by atoms with E-state index in [0.717, 1.165) is 30.5 Å². The molecule has 3 rings (SSSR count). The summed E-state index contributed by atoms with van der Waals surface area (Å²) in [4.78, 5) is 23.7. The van der Waals surface area contributed by atoms with Crippen LogP contribution in [0.3, 0.4) is 0 Å². The predicted molar refractivity (Wildman–Crippen MR) is 89.3 cm³/mol. The fourth-order valence-electron chi connectivity index (χ4n) is 3.03. The van der Waals surface area contributed by atoms with Crippen LogP contribution >= 0.6 is 0 Å². The quantitative estimate of drug-likeness (QED) is 0.871. The summed E-state index contributed by atoms with van der Waals surface area (Å²) < 4.78 is 14.8. The molecule has 2 atom stereocenters. The lowest BCUT2D eigenvalue weighted by Crippen LogP contribution is -2.40. The fraction of sp³-hybridized carbons (Fsp3) is 0.389. The molecule has 1 aliphatic rings. The smallest absolute Gasteiger partial charge is 0.308 e. The Balaban J connectivity index is 1.90. The van der Waals surface area contributed by atoms with Gasteiger partial charge in [0.25, 0.3) is 5.91 Å². The van der Waals surface area contributed by atoms with Crippen molar-refractivity contribution >= 4 is 11.9 Å². The van der Waals surface area contributed by atoms with Crippen molar-refractivity contribution < 1.29 is 19.1 Å². The van der Waals surface area contributed by atoms with Crippen LogP contribution in [0.25, 0.3) is 5.69 Å². The molecule has 2 aromatic rings. The Kier molecular flexibility index (Phi) is 4.57. The SMILES string of the molecule is CC(NC(=O)c1nn(-c2ccc(F)cc2)c2c1CCC2)C(C)C(=O)O. The van der Waals surface area contributed by atoms with Crippen LogP contribution in [-0.2, 0) is 17.6 Å². The fourth-order valence-corrected chi connectivity index (χ4v) is 3.03. The average Bonchev–Trinajstić information content (AvgIpc) is 3.17. The van der Waals surface area contributed by atoms with E-state index < -0.39 is 17.9 Å². The number of carbonyl (C=O) groups excluding carboxylic acids is 1. The van der Waals surface area contributed by atoms with Gasteiger partial charge in [0, 0.05) is 17.3 Å². The second-order valence-electron chi connectivity index (χ2n) is 6.40. The molecule has 0 saturated heterocycles. The number of nitrogens with zero attached hydrogens (tertiary/aromatic N) is 2. The number of aliphatic carboxylic acids is 1. The maximum atomic E-state index is 13.2. The highest BCUT2D eigenvalue weighted by atomic mass is 19.1. The zero-order chi connectivity index (χ0) is 18.1. The minimum Gasteiger partial charge on any atom is -0.481 e. The van der Waals surface area contributed by atoms with Crippen LogP contribution in [0.15, 0.2) is 24.3 Å². The highest BCUT2D eigenvalue weighted by Crippen LogP contribution is 2.28. The van der Waals surface area contributed by atoms with Crippen molar-refractivity contribution in [3.8, 4) is 5.69 Å². The van der Waals surface area contributed by atoms with Crippen molar-refractivity contribution in [2.45, 2.75) is 39.2 Å². The van der Waals surface area contributed by atoms with Crippen LogP contribution < -0.4 is 5.32 Å². The zero-order valence-corrected chi connectivity index (χ0v) is 14.1. The monoisotopic (exact) mass is 345 g/mol. The molecule has 2 N–H and O–H groups in total.